The van der Waals surface area contributed by atoms with E-state index in [2.05, 4.69) is 29.8 Å². The molecule has 0 aliphatic rings. The summed E-state index contributed by atoms with van der Waals surface area (Å²) in [5.41, 5.74) is 8.83. The van der Waals surface area contributed by atoms with Crippen LogP contribution in [0.2, 0.25) is 0 Å². The van der Waals surface area contributed by atoms with E-state index in [0.29, 0.717) is 0 Å². The van der Waals surface area contributed by atoms with Crippen LogP contribution in [0.25, 0.3) is 11.0 Å². The number of carbonyl (C=O) groups is 1. The second-order valence-corrected chi connectivity index (χ2v) is 6.85. The molecule has 2 unspecified atom stereocenters. The quantitative estimate of drug-likeness (QED) is 0.714. The Morgan fingerprint density at radius 1 is 1.08 bits per heavy atom. The van der Waals surface area contributed by atoms with Crippen molar-refractivity contribution in [1.29, 1.82) is 0 Å². The van der Waals surface area contributed by atoms with Crippen molar-refractivity contribution in [3.8, 4) is 0 Å². The summed E-state index contributed by atoms with van der Waals surface area (Å²) < 4.78 is 2.18. The van der Waals surface area contributed by atoms with E-state index >= 15 is 0 Å². The highest BCUT2D eigenvalue weighted by Gasteiger charge is 2.24. The van der Waals surface area contributed by atoms with Crippen molar-refractivity contribution in [1.82, 2.24) is 14.9 Å². The van der Waals surface area contributed by atoms with Gasteiger partial charge in [0.2, 0.25) is 5.91 Å². The Morgan fingerprint density at radius 2 is 1.73 bits per heavy atom. The topological polar surface area (TPSA) is 72.9 Å². The molecule has 0 saturated heterocycles. The van der Waals surface area contributed by atoms with Crippen LogP contribution in [0.15, 0.2) is 54.6 Å². The van der Waals surface area contributed by atoms with Gasteiger partial charge in [0, 0.05) is 12.6 Å². The summed E-state index contributed by atoms with van der Waals surface area (Å²) in [7, 11) is 0. The number of nitrogens with one attached hydrogen (secondary N) is 1. The molecule has 0 fully saturated rings. The monoisotopic (exact) mass is 350 g/mol. The van der Waals surface area contributed by atoms with Crippen molar-refractivity contribution in [2.75, 3.05) is 6.54 Å². The minimum atomic E-state index is -0.365. The molecule has 1 aromatic heterocycles. The van der Waals surface area contributed by atoms with Crippen LogP contribution in [0.1, 0.15) is 50.2 Å². The summed E-state index contributed by atoms with van der Waals surface area (Å²) in [5, 5.41) is 3.10. The predicted molar refractivity (Wildman–Crippen MR) is 105 cm³/mol. The van der Waals surface area contributed by atoms with Gasteiger partial charge >= 0.3 is 0 Å². The third-order valence-corrected chi connectivity index (χ3v) is 4.64. The van der Waals surface area contributed by atoms with Gasteiger partial charge in [0.25, 0.3) is 0 Å². The number of carbonyl (C=O) groups excluding carboxylic acids is 1. The molecule has 0 radical (unpaired) electrons. The SMILES string of the molecule is CC(NC(=O)C(CN)c1ccccc1)c1nc2ccccc2n1C(C)C. The van der Waals surface area contributed by atoms with Gasteiger partial charge in [-0.05, 0) is 38.5 Å². The van der Waals surface area contributed by atoms with E-state index in [-0.39, 0.29) is 30.5 Å². The largest absolute Gasteiger partial charge is 0.346 e. The molecule has 2 aromatic carbocycles. The summed E-state index contributed by atoms with van der Waals surface area (Å²) in [4.78, 5) is 17.6. The lowest BCUT2D eigenvalue weighted by molar-refractivity contribution is -0.123. The molecule has 26 heavy (non-hydrogen) atoms. The van der Waals surface area contributed by atoms with Crippen molar-refractivity contribution in [3.05, 3.63) is 66.0 Å². The molecule has 2 atom stereocenters. The standard InChI is InChI=1S/C21H26N4O/c1-14(2)25-19-12-8-7-11-18(19)24-20(25)15(3)23-21(26)17(13-22)16-9-5-4-6-10-16/h4-12,14-15,17H,13,22H2,1-3H3,(H,23,26). The fourth-order valence-electron chi connectivity index (χ4n) is 3.37. The molecule has 1 amide bonds. The Labute approximate surface area is 154 Å². The van der Waals surface area contributed by atoms with Crippen LogP contribution in [-0.4, -0.2) is 22.0 Å². The summed E-state index contributed by atoms with van der Waals surface area (Å²) >= 11 is 0. The zero-order valence-electron chi connectivity index (χ0n) is 15.5. The Hall–Kier alpha value is -2.66. The highest BCUT2D eigenvalue weighted by Crippen LogP contribution is 2.25. The molecular weight excluding hydrogens is 324 g/mol. The van der Waals surface area contributed by atoms with Crippen LogP contribution in [0.5, 0.6) is 0 Å². The summed E-state index contributed by atoms with van der Waals surface area (Å²) in [6.45, 7) is 6.48. The van der Waals surface area contributed by atoms with Gasteiger partial charge in [-0.3, -0.25) is 4.79 Å². The zero-order valence-corrected chi connectivity index (χ0v) is 15.5. The van der Waals surface area contributed by atoms with Crippen LogP contribution >= 0.6 is 0 Å². The van der Waals surface area contributed by atoms with Crippen LogP contribution in [0.4, 0.5) is 0 Å². The van der Waals surface area contributed by atoms with Crippen molar-refractivity contribution in [2.24, 2.45) is 5.73 Å². The van der Waals surface area contributed by atoms with Crippen LogP contribution in [-0.2, 0) is 4.79 Å². The number of nitrogens with two attached hydrogens (primary N) is 1. The zero-order chi connectivity index (χ0) is 18.7. The van der Waals surface area contributed by atoms with Gasteiger partial charge in [-0.1, -0.05) is 42.5 Å². The second-order valence-electron chi connectivity index (χ2n) is 6.85. The van der Waals surface area contributed by atoms with Crippen molar-refractivity contribution in [2.45, 2.75) is 38.8 Å². The van der Waals surface area contributed by atoms with Gasteiger partial charge in [-0.25, -0.2) is 4.98 Å². The third kappa shape index (κ3) is 3.48. The van der Waals surface area contributed by atoms with E-state index in [1.165, 1.54) is 0 Å². The van der Waals surface area contributed by atoms with Gasteiger partial charge in [0.05, 0.1) is 23.0 Å². The minimum Gasteiger partial charge on any atom is -0.346 e. The predicted octanol–water partition coefficient (Wildman–Crippen LogP) is 3.54. The first-order valence-electron chi connectivity index (χ1n) is 9.05. The number of hydrogen-bond donors (Lipinski definition) is 2. The molecule has 0 bridgehead atoms. The lowest BCUT2D eigenvalue weighted by Gasteiger charge is -2.21. The molecule has 5 heteroatoms. The number of imidazole rings is 1. The normalized spacial score (nSPS) is 13.7. The first-order chi connectivity index (χ1) is 12.5. The fourth-order valence-corrected chi connectivity index (χ4v) is 3.37. The molecule has 0 spiro atoms. The van der Waals surface area contributed by atoms with Gasteiger partial charge in [0.1, 0.15) is 5.82 Å². The highest BCUT2D eigenvalue weighted by atomic mass is 16.2. The van der Waals surface area contributed by atoms with E-state index in [1.54, 1.807) is 0 Å². The molecule has 0 aliphatic heterocycles. The Morgan fingerprint density at radius 3 is 2.38 bits per heavy atom. The average Bonchev–Trinajstić information content (AvgIpc) is 3.03. The maximum Gasteiger partial charge on any atom is 0.229 e. The lowest BCUT2D eigenvalue weighted by Crippen LogP contribution is -2.36. The maximum atomic E-state index is 12.8. The molecular formula is C21H26N4O. The summed E-state index contributed by atoms with van der Waals surface area (Å²) in [6.07, 6.45) is 0. The number of hydrogen-bond acceptors (Lipinski definition) is 3. The lowest BCUT2D eigenvalue weighted by atomic mass is 9.98. The number of fused-ring (bicyclic) bond motifs is 1. The second kappa shape index (κ2) is 7.70. The molecule has 5 nitrogen and oxygen atoms in total. The Kier molecular flexibility index (Phi) is 5.38. The van der Waals surface area contributed by atoms with Crippen LogP contribution in [0.3, 0.4) is 0 Å². The number of benzene rings is 2. The van der Waals surface area contributed by atoms with Gasteiger partial charge in [-0.2, -0.15) is 0 Å². The van der Waals surface area contributed by atoms with Gasteiger partial charge in [-0.15, -0.1) is 0 Å². The van der Waals surface area contributed by atoms with Crippen LogP contribution < -0.4 is 11.1 Å². The van der Waals surface area contributed by atoms with Gasteiger partial charge < -0.3 is 15.6 Å². The van der Waals surface area contributed by atoms with E-state index in [0.717, 1.165) is 22.4 Å². The average molecular weight is 350 g/mol. The van der Waals surface area contributed by atoms with Crippen molar-refractivity contribution >= 4 is 16.9 Å². The van der Waals surface area contributed by atoms with Gasteiger partial charge in [0.15, 0.2) is 0 Å². The van der Waals surface area contributed by atoms with E-state index in [4.69, 9.17) is 10.7 Å². The number of nitrogens with zero attached hydrogens (tertiary/aromatic N) is 2. The molecule has 3 N–H and O–H groups in total. The van der Waals surface area contributed by atoms with Crippen LogP contribution in [0, 0.1) is 0 Å². The van der Waals surface area contributed by atoms with Crippen molar-refractivity contribution in [3.63, 3.8) is 0 Å². The fraction of sp³-hybridized carbons (Fsp3) is 0.333. The molecule has 1 heterocycles. The third-order valence-electron chi connectivity index (χ3n) is 4.64. The Bertz CT molecular complexity index is 885. The maximum absolute atomic E-state index is 12.8. The minimum absolute atomic E-state index is 0.0754. The smallest absolute Gasteiger partial charge is 0.229 e. The first-order valence-corrected chi connectivity index (χ1v) is 9.05. The number of para-hydroxylation sites is 2. The molecule has 0 aliphatic carbocycles. The van der Waals surface area contributed by atoms with Crippen molar-refractivity contribution < 1.29 is 4.79 Å². The molecule has 0 saturated carbocycles. The number of aromatic nitrogens is 2. The first kappa shape index (κ1) is 18.1. The summed E-state index contributed by atoms with van der Waals surface area (Å²) in [5.74, 6) is 0.419. The van der Waals surface area contributed by atoms with E-state index in [9.17, 15) is 4.79 Å². The van der Waals surface area contributed by atoms with E-state index in [1.807, 2.05) is 55.5 Å². The molecule has 3 rings (SSSR count). The molecule has 3 aromatic rings. The number of rotatable bonds is 6. The molecule has 136 valence electrons. The van der Waals surface area contributed by atoms with E-state index < -0.39 is 0 Å². The summed E-state index contributed by atoms with van der Waals surface area (Å²) in [6, 6.07) is 17.7. The number of amides is 1. The highest BCUT2D eigenvalue weighted by molar-refractivity contribution is 5.84. The Balaban J connectivity index is 1.88.